The third kappa shape index (κ3) is 43.6. The highest BCUT2D eigenvalue weighted by molar-refractivity contribution is 5.70. The molecule has 0 aromatic carbocycles. The molecule has 322 valence electrons. The van der Waals surface area contributed by atoms with E-state index in [2.05, 4.69) is 13.8 Å². The molecule has 0 bridgehead atoms. The molecule has 5 nitrogen and oxygen atoms in total. The van der Waals surface area contributed by atoms with Crippen LogP contribution in [0.2, 0.25) is 0 Å². The minimum Gasteiger partial charge on any atom is -0.462 e. The van der Waals surface area contributed by atoms with Crippen LogP contribution in [0.15, 0.2) is 0 Å². The second-order valence-electron chi connectivity index (χ2n) is 16.9. The lowest BCUT2D eigenvalue weighted by Crippen LogP contribution is -2.28. The Hall–Kier alpha value is -1.10. The van der Waals surface area contributed by atoms with Crippen molar-refractivity contribution >= 4 is 11.9 Å². The van der Waals surface area contributed by atoms with Gasteiger partial charge >= 0.3 is 11.9 Å². The van der Waals surface area contributed by atoms with Crippen LogP contribution in [0.4, 0.5) is 0 Å². The fourth-order valence-corrected chi connectivity index (χ4v) is 7.68. The molecule has 0 amide bonds. The van der Waals surface area contributed by atoms with Crippen molar-refractivity contribution in [3.05, 3.63) is 0 Å². The first-order valence-electron chi connectivity index (χ1n) is 24.6. The minimum atomic E-state index is -0.762. The van der Waals surface area contributed by atoms with E-state index in [0.717, 1.165) is 32.1 Å². The molecule has 0 spiro atoms. The Morgan fingerprint density at radius 2 is 0.574 bits per heavy atom. The van der Waals surface area contributed by atoms with E-state index >= 15 is 0 Å². The SMILES string of the molecule is CCCCCCCCCCCCCCCCCCCCCCCCCC(=O)O[C@@H](CO)COC(=O)CCCCCCCCCCCCCCCCCCC. The molecule has 0 fully saturated rings. The highest BCUT2D eigenvalue weighted by atomic mass is 16.6. The Balaban J connectivity index is 3.42. The van der Waals surface area contributed by atoms with Gasteiger partial charge in [-0.3, -0.25) is 9.59 Å². The lowest BCUT2D eigenvalue weighted by Gasteiger charge is -2.15. The van der Waals surface area contributed by atoms with E-state index in [1.165, 1.54) is 225 Å². The molecule has 0 heterocycles. The summed E-state index contributed by atoms with van der Waals surface area (Å²) in [5.74, 6) is -0.568. The van der Waals surface area contributed by atoms with Gasteiger partial charge in [0, 0.05) is 12.8 Å². The maximum Gasteiger partial charge on any atom is 0.306 e. The zero-order valence-corrected chi connectivity index (χ0v) is 36.8. The normalized spacial score (nSPS) is 12.0. The van der Waals surface area contributed by atoms with E-state index in [1.54, 1.807) is 0 Å². The Kier molecular flexibility index (Phi) is 45.3. The zero-order chi connectivity index (χ0) is 39.3. The van der Waals surface area contributed by atoms with Crippen molar-refractivity contribution in [3.63, 3.8) is 0 Å². The van der Waals surface area contributed by atoms with Crippen molar-refractivity contribution in [1.29, 1.82) is 0 Å². The molecule has 0 rings (SSSR count). The molecule has 1 atom stereocenters. The average molecular weight is 765 g/mol. The number of hydrogen-bond donors (Lipinski definition) is 1. The molecular formula is C49H96O5. The number of carbonyl (C=O) groups excluding carboxylic acids is 2. The monoisotopic (exact) mass is 765 g/mol. The van der Waals surface area contributed by atoms with Crippen LogP contribution in [0.3, 0.4) is 0 Å². The first-order valence-corrected chi connectivity index (χ1v) is 24.6. The number of ether oxygens (including phenoxy) is 2. The third-order valence-corrected chi connectivity index (χ3v) is 11.4. The van der Waals surface area contributed by atoms with Crippen molar-refractivity contribution in [2.24, 2.45) is 0 Å². The quantitative estimate of drug-likeness (QED) is 0.0494. The van der Waals surface area contributed by atoms with Crippen LogP contribution in [0.5, 0.6) is 0 Å². The van der Waals surface area contributed by atoms with E-state index in [1.807, 2.05) is 0 Å². The topological polar surface area (TPSA) is 72.8 Å². The highest BCUT2D eigenvalue weighted by Crippen LogP contribution is 2.17. The second kappa shape index (κ2) is 46.3. The summed E-state index contributed by atoms with van der Waals surface area (Å²) in [5, 5.41) is 9.61. The van der Waals surface area contributed by atoms with Crippen LogP contribution in [0.1, 0.15) is 284 Å². The Labute approximate surface area is 338 Å². The van der Waals surface area contributed by atoms with E-state index in [9.17, 15) is 14.7 Å². The molecule has 0 radical (unpaired) electrons. The van der Waals surface area contributed by atoms with Crippen molar-refractivity contribution in [3.8, 4) is 0 Å². The van der Waals surface area contributed by atoms with Crippen molar-refractivity contribution in [2.75, 3.05) is 13.2 Å². The second-order valence-corrected chi connectivity index (χ2v) is 16.9. The summed E-state index contributed by atoms with van der Waals surface area (Å²) in [7, 11) is 0. The zero-order valence-electron chi connectivity index (χ0n) is 36.8. The lowest BCUT2D eigenvalue weighted by atomic mass is 10.0. The third-order valence-electron chi connectivity index (χ3n) is 11.4. The fourth-order valence-electron chi connectivity index (χ4n) is 7.68. The van der Waals surface area contributed by atoms with Crippen LogP contribution < -0.4 is 0 Å². The molecule has 0 aliphatic carbocycles. The largest absolute Gasteiger partial charge is 0.462 e. The maximum absolute atomic E-state index is 12.2. The number of hydrogen-bond acceptors (Lipinski definition) is 5. The molecular weight excluding hydrogens is 669 g/mol. The van der Waals surface area contributed by atoms with Gasteiger partial charge in [-0.1, -0.05) is 258 Å². The molecule has 1 N–H and O–H groups in total. The van der Waals surface area contributed by atoms with Gasteiger partial charge < -0.3 is 14.6 Å². The summed E-state index contributed by atoms with van der Waals surface area (Å²) >= 11 is 0. The predicted octanol–water partition coefficient (Wildman–Crippen LogP) is 15.9. The van der Waals surface area contributed by atoms with Crippen molar-refractivity contribution in [2.45, 2.75) is 290 Å². The molecule has 0 saturated carbocycles. The molecule has 0 saturated heterocycles. The molecule has 0 aromatic rings. The van der Waals surface area contributed by atoms with E-state index < -0.39 is 6.10 Å². The number of unbranched alkanes of at least 4 members (excludes halogenated alkanes) is 38. The Morgan fingerprint density at radius 3 is 0.815 bits per heavy atom. The van der Waals surface area contributed by atoms with E-state index in [4.69, 9.17) is 9.47 Å². The summed E-state index contributed by atoms with van der Waals surface area (Å²) < 4.78 is 10.7. The number of aliphatic hydroxyl groups is 1. The van der Waals surface area contributed by atoms with Gasteiger partial charge in [-0.05, 0) is 12.8 Å². The highest BCUT2D eigenvalue weighted by Gasteiger charge is 2.16. The minimum absolute atomic E-state index is 0.0561. The number of rotatable bonds is 46. The molecule has 0 aliphatic rings. The van der Waals surface area contributed by atoms with Gasteiger partial charge in [0.25, 0.3) is 0 Å². The van der Waals surface area contributed by atoms with Gasteiger partial charge in [0.1, 0.15) is 6.61 Å². The van der Waals surface area contributed by atoms with Gasteiger partial charge in [-0.2, -0.15) is 0 Å². The standard InChI is InChI=1S/C49H96O5/c1-3-5-7-9-11-13-15-17-19-21-22-23-24-25-26-28-30-32-34-36-38-40-42-44-49(52)54-47(45-50)46-53-48(51)43-41-39-37-35-33-31-29-27-20-18-16-14-12-10-8-6-4-2/h47,50H,3-46H2,1-2H3/t47-/m0/s1. The van der Waals surface area contributed by atoms with Crippen LogP contribution in [-0.4, -0.2) is 36.4 Å². The summed E-state index contributed by atoms with van der Waals surface area (Å²) in [5.41, 5.74) is 0. The van der Waals surface area contributed by atoms with Crippen LogP contribution in [0, 0.1) is 0 Å². The Morgan fingerprint density at radius 1 is 0.352 bits per heavy atom. The number of aliphatic hydroxyl groups excluding tert-OH is 1. The molecule has 0 unspecified atom stereocenters. The van der Waals surface area contributed by atoms with Crippen LogP contribution in [-0.2, 0) is 19.1 Å². The van der Waals surface area contributed by atoms with Gasteiger partial charge in [0.2, 0.25) is 0 Å². The van der Waals surface area contributed by atoms with Gasteiger partial charge in [0.15, 0.2) is 6.10 Å². The maximum atomic E-state index is 12.2. The predicted molar refractivity (Wildman–Crippen MR) is 233 cm³/mol. The first-order chi connectivity index (χ1) is 26.6. The average Bonchev–Trinajstić information content (AvgIpc) is 3.17. The summed E-state index contributed by atoms with van der Waals surface area (Å²) in [6.45, 7) is 4.19. The summed E-state index contributed by atoms with van der Waals surface area (Å²) in [4.78, 5) is 24.4. The van der Waals surface area contributed by atoms with Crippen molar-refractivity contribution in [1.82, 2.24) is 0 Å². The number of carbonyl (C=O) groups is 2. The first kappa shape index (κ1) is 52.9. The molecule has 0 aromatic heterocycles. The van der Waals surface area contributed by atoms with E-state index in [0.29, 0.717) is 12.8 Å². The molecule has 54 heavy (non-hydrogen) atoms. The Bertz CT molecular complexity index is 740. The van der Waals surface area contributed by atoms with Crippen LogP contribution >= 0.6 is 0 Å². The van der Waals surface area contributed by atoms with E-state index in [-0.39, 0.29) is 25.2 Å². The van der Waals surface area contributed by atoms with Crippen molar-refractivity contribution < 1.29 is 24.2 Å². The van der Waals surface area contributed by atoms with Crippen LogP contribution in [0.25, 0.3) is 0 Å². The van der Waals surface area contributed by atoms with Gasteiger partial charge in [-0.25, -0.2) is 0 Å². The van der Waals surface area contributed by atoms with Gasteiger partial charge in [-0.15, -0.1) is 0 Å². The molecule has 5 heteroatoms. The fraction of sp³-hybridized carbons (Fsp3) is 0.959. The molecule has 0 aliphatic heterocycles. The lowest BCUT2D eigenvalue weighted by molar-refractivity contribution is -0.161. The smallest absolute Gasteiger partial charge is 0.306 e. The summed E-state index contributed by atoms with van der Waals surface area (Å²) in [6.07, 6.45) is 53.4. The summed E-state index contributed by atoms with van der Waals surface area (Å²) in [6, 6.07) is 0. The number of esters is 2. The van der Waals surface area contributed by atoms with Gasteiger partial charge in [0.05, 0.1) is 6.61 Å².